The number of benzene rings is 1. The largest absolute Gasteiger partial charge is 0.347 e. The molecule has 0 atom stereocenters. The average Bonchev–Trinajstić information content (AvgIpc) is 2.58. The fraction of sp³-hybridized carbons (Fsp3) is 0.476. The van der Waals surface area contributed by atoms with Crippen LogP contribution in [0.2, 0.25) is 0 Å². The summed E-state index contributed by atoms with van der Waals surface area (Å²) in [6.45, 7) is 0. The van der Waals surface area contributed by atoms with Crippen LogP contribution in [-0.2, 0) is 4.79 Å². The van der Waals surface area contributed by atoms with Gasteiger partial charge in [-0.2, -0.15) is 0 Å². The van der Waals surface area contributed by atoms with Crippen molar-refractivity contribution in [2.45, 2.75) is 44.1 Å². The summed E-state index contributed by atoms with van der Waals surface area (Å²) in [5.41, 5.74) is 2.51. The van der Waals surface area contributed by atoms with E-state index in [0.717, 1.165) is 34.5 Å². The second-order valence-electron chi connectivity index (χ2n) is 8.30. The van der Waals surface area contributed by atoms with Gasteiger partial charge < -0.3 is 5.32 Å². The van der Waals surface area contributed by atoms with E-state index < -0.39 is 0 Å². The van der Waals surface area contributed by atoms with Gasteiger partial charge in [-0.1, -0.05) is 12.1 Å². The highest BCUT2D eigenvalue weighted by molar-refractivity contribution is 5.92. The molecule has 25 heavy (non-hydrogen) atoms. The molecule has 0 aliphatic heterocycles. The van der Waals surface area contributed by atoms with Crippen LogP contribution < -0.4 is 5.32 Å². The van der Waals surface area contributed by atoms with E-state index in [1.54, 1.807) is 18.3 Å². The molecule has 1 aromatic carbocycles. The number of carbonyl (C=O) groups is 1. The first kappa shape index (κ1) is 15.1. The van der Waals surface area contributed by atoms with Crippen molar-refractivity contribution in [3.05, 3.63) is 42.2 Å². The molecule has 4 fully saturated rings. The van der Waals surface area contributed by atoms with E-state index in [1.165, 1.54) is 38.5 Å². The van der Waals surface area contributed by atoms with Crippen LogP contribution in [0.15, 0.2) is 36.5 Å². The summed E-state index contributed by atoms with van der Waals surface area (Å²) in [6.07, 6.45) is 12.8. The SMILES string of the molecule is O=C(C=Cc1cnc2ccccc2n1)NC12CC3CC(CC(C3)C1)C2. The lowest BCUT2D eigenvalue weighted by Gasteiger charge is -2.56. The second-order valence-corrected chi connectivity index (χ2v) is 8.30. The van der Waals surface area contributed by atoms with Crippen LogP contribution in [0, 0.1) is 17.8 Å². The van der Waals surface area contributed by atoms with E-state index in [2.05, 4.69) is 15.3 Å². The maximum Gasteiger partial charge on any atom is 0.244 e. The zero-order valence-corrected chi connectivity index (χ0v) is 14.3. The minimum atomic E-state index is 0.0110. The fourth-order valence-electron chi connectivity index (χ4n) is 5.78. The maximum absolute atomic E-state index is 12.5. The normalized spacial score (nSPS) is 33.2. The van der Waals surface area contributed by atoms with E-state index in [0.29, 0.717) is 0 Å². The van der Waals surface area contributed by atoms with Crippen molar-refractivity contribution in [2.24, 2.45) is 17.8 Å². The van der Waals surface area contributed by atoms with Crippen LogP contribution in [0.3, 0.4) is 0 Å². The molecule has 1 heterocycles. The Labute approximate surface area is 147 Å². The summed E-state index contributed by atoms with van der Waals surface area (Å²) >= 11 is 0. The number of para-hydroxylation sites is 2. The van der Waals surface area contributed by atoms with Gasteiger partial charge in [0.05, 0.1) is 22.9 Å². The zero-order chi connectivity index (χ0) is 16.9. The van der Waals surface area contributed by atoms with Crippen LogP contribution in [0.4, 0.5) is 0 Å². The van der Waals surface area contributed by atoms with E-state index in [-0.39, 0.29) is 11.4 Å². The number of nitrogens with zero attached hydrogens (tertiary/aromatic N) is 2. The summed E-state index contributed by atoms with van der Waals surface area (Å²) < 4.78 is 0. The lowest BCUT2D eigenvalue weighted by atomic mass is 9.53. The van der Waals surface area contributed by atoms with Crippen LogP contribution >= 0.6 is 0 Å². The monoisotopic (exact) mass is 333 g/mol. The Morgan fingerprint density at radius 1 is 1.04 bits per heavy atom. The summed E-state index contributed by atoms with van der Waals surface area (Å²) in [6, 6.07) is 7.78. The Morgan fingerprint density at radius 3 is 2.36 bits per heavy atom. The molecular weight excluding hydrogens is 310 g/mol. The molecule has 2 aromatic rings. The van der Waals surface area contributed by atoms with Crippen molar-refractivity contribution >= 4 is 23.0 Å². The number of nitrogens with one attached hydrogen (secondary N) is 1. The number of hydrogen-bond donors (Lipinski definition) is 1. The minimum absolute atomic E-state index is 0.0110. The molecule has 128 valence electrons. The molecule has 1 amide bonds. The Kier molecular flexibility index (Phi) is 3.40. The van der Waals surface area contributed by atoms with Gasteiger partial charge in [-0.3, -0.25) is 9.78 Å². The number of aromatic nitrogens is 2. The first-order valence-corrected chi connectivity index (χ1v) is 9.39. The zero-order valence-electron chi connectivity index (χ0n) is 14.3. The molecule has 4 heteroatoms. The number of amides is 1. The summed E-state index contributed by atoms with van der Waals surface area (Å²) in [5, 5.41) is 3.36. The molecule has 0 spiro atoms. The van der Waals surface area contributed by atoms with E-state index in [4.69, 9.17) is 0 Å². The Bertz CT molecular complexity index is 822. The van der Waals surface area contributed by atoms with Gasteiger partial charge in [0.25, 0.3) is 0 Å². The minimum Gasteiger partial charge on any atom is -0.347 e. The molecule has 4 bridgehead atoms. The van der Waals surface area contributed by atoms with Crippen LogP contribution in [0.1, 0.15) is 44.2 Å². The molecule has 4 aliphatic carbocycles. The van der Waals surface area contributed by atoms with Gasteiger partial charge in [-0.25, -0.2) is 4.98 Å². The Hall–Kier alpha value is -2.23. The topological polar surface area (TPSA) is 54.9 Å². The molecule has 1 N–H and O–H groups in total. The lowest BCUT2D eigenvalue weighted by molar-refractivity contribution is -0.122. The predicted molar refractivity (Wildman–Crippen MR) is 97.6 cm³/mol. The third kappa shape index (κ3) is 2.84. The van der Waals surface area contributed by atoms with Crippen LogP contribution in [-0.4, -0.2) is 21.4 Å². The molecule has 6 rings (SSSR count). The van der Waals surface area contributed by atoms with E-state index in [9.17, 15) is 4.79 Å². The second kappa shape index (κ2) is 5.65. The van der Waals surface area contributed by atoms with Crippen molar-refractivity contribution in [1.82, 2.24) is 15.3 Å². The van der Waals surface area contributed by atoms with E-state index in [1.807, 2.05) is 24.3 Å². The highest BCUT2D eigenvalue weighted by Gasteiger charge is 2.51. The van der Waals surface area contributed by atoms with Gasteiger partial charge >= 0.3 is 0 Å². The molecule has 4 aliphatic rings. The molecular formula is C21H23N3O. The average molecular weight is 333 g/mol. The van der Waals surface area contributed by atoms with Gasteiger partial charge in [0.15, 0.2) is 0 Å². The number of carbonyl (C=O) groups excluding carboxylic acids is 1. The fourth-order valence-corrected chi connectivity index (χ4v) is 5.78. The van der Waals surface area contributed by atoms with Crippen molar-refractivity contribution in [3.63, 3.8) is 0 Å². The lowest BCUT2D eigenvalue weighted by Crippen LogP contribution is -2.59. The number of hydrogen-bond acceptors (Lipinski definition) is 3. The van der Waals surface area contributed by atoms with E-state index >= 15 is 0 Å². The summed E-state index contributed by atoms with van der Waals surface area (Å²) in [5.74, 6) is 2.52. The maximum atomic E-state index is 12.5. The van der Waals surface area contributed by atoms with Gasteiger partial charge in [0.1, 0.15) is 0 Å². The molecule has 1 aromatic heterocycles. The van der Waals surface area contributed by atoms with Gasteiger partial charge in [-0.15, -0.1) is 0 Å². The summed E-state index contributed by atoms with van der Waals surface area (Å²) in [7, 11) is 0. The molecule has 4 nitrogen and oxygen atoms in total. The summed E-state index contributed by atoms with van der Waals surface area (Å²) in [4.78, 5) is 21.5. The standard InChI is InChI=1S/C21H23N3O/c25-20(6-5-17-13-22-18-3-1-2-4-19(18)23-17)24-21-10-14-7-15(11-21)9-16(8-14)12-21/h1-6,13-16H,7-12H2,(H,24,25). The van der Waals surface area contributed by atoms with Gasteiger partial charge in [0, 0.05) is 11.6 Å². The van der Waals surface area contributed by atoms with Crippen molar-refractivity contribution in [3.8, 4) is 0 Å². The van der Waals surface area contributed by atoms with Crippen molar-refractivity contribution in [1.29, 1.82) is 0 Å². The number of rotatable bonds is 3. The smallest absolute Gasteiger partial charge is 0.244 e. The first-order valence-electron chi connectivity index (χ1n) is 9.39. The first-order chi connectivity index (χ1) is 12.2. The van der Waals surface area contributed by atoms with Crippen LogP contribution in [0.25, 0.3) is 17.1 Å². The number of fused-ring (bicyclic) bond motifs is 1. The van der Waals surface area contributed by atoms with Crippen molar-refractivity contribution in [2.75, 3.05) is 0 Å². The highest BCUT2D eigenvalue weighted by Crippen LogP contribution is 2.55. The Morgan fingerprint density at radius 2 is 1.68 bits per heavy atom. The molecule has 0 unspecified atom stereocenters. The van der Waals surface area contributed by atoms with Gasteiger partial charge in [-0.05, 0) is 74.5 Å². The quantitative estimate of drug-likeness (QED) is 0.871. The third-order valence-electron chi connectivity index (χ3n) is 6.30. The van der Waals surface area contributed by atoms with Crippen LogP contribution in [0.5, 0.6) is 0 Å². The highest BCUT2D eigenvalue weighted by atomic mass is 16.1. The molecule has 0 saturated heterocycles. The predicted octanol–water partition coefficient (Wildman–Crippen LogP) is 3.73. The molecule has 0 radical (unpaired) electrons. The van der Waals surface area contributed by atoms with Gasteiger partial charge in [0.2, 0.25) is 5.91 Å². The Balaban J connectivity index is 1.30. The van der Waals surface area contributed by atoms with Crippen molar-refractivity contribution < 1.29 is 4.79 Å². The molecule has 4 saturated carbocycles. The third-order valence-corrected chi connectivity index (χ3v) is 6.30.